The summed E-state index contributed by atoms with van der Waals surface area (Å²) in [6.45, 7) is 2.19. The summed E-state index contributed by atoms with van der Waals surface area (Å²) in [5.41, 5.74) is 3.22. The van der Waals surface area contributed by atoms with Crippen molar-refractivity contribution in [2.75, 3.05) is 5.32 Å². The van der Waals surface area contributed by atoms with E-state index in [0.717, 1.165) is 18.4 Å². The van der Waals surface area contributed by atoms with Gasteiger partial charge in [0.1, 0.15) is 6.10 Å². The fraction of sp³-hybridized carbons (Fsp3) is 0.320. The van der Waals surface area contributed by atoms with E-state index in [-0.39, 0.29) is 6.10 Å². The topological polar surface area (TPSA) is 113 Å². The Kier molecular flexibility index (Phi) is 6.99. The van der Waals surface area contributed by atoms with Crippen LogP contribution in [0.2, 0.25) is 0 Å². The highest BCUT2D eigenvalue weighted by atomic mass is 19.3. The number of nitrogens with one attached hydrogen (secondary N) is 3. The first-order valence-corrected chi connectivity index (χ1v) is 11.2. The summed E-state index contributed by atoms with van der Waals surface area (Å²) in [6.07, 6.45) is 9.75. The zero-order valence-corrected chi connectivity index (χ0v) is 19.3. The van der Waals surface area contributed by atoms with Crippen molar-refractivity contribution >= 4 is 17.8 Å². The Hall–Kier alpha value is -3.95. The van der Waals surface area contributed by atoms with Gasteiger partial charge in [0.15, 0.2) is 0 Å². The van der Waals surface area contributed by atoms with E-state index >= 15 is 0 Å². The summed E-state index contributed by atoms with van der Waals surface area (Å²) in [7, 11) is 0. The second-order valence-corrected chi connectivity index (χ2v) is 8.56. The lowest BCUT2D eigenvalue weighted by molar-refractivity contribution is -0.143. The van der Waals surface area contributed by atoms with Crippen LogP contribution in [0.4, 0.5) is 14.5 Å². The molecular weight excluding hydrogens is 454 g/mol. The van der Waals surface area contributed by atoms with Gasteiger partial charge in [-0.3, -0.25) is 14.8 Å². The van der Waals surface area contributed by atoms with Crippen molar-refractivity contribution in [1.82, 2.24) is 20.3 Å². The Morgan fingerprint density at radius 3 is 2.60 bits per heavy atom. The molecule has 0 aliphatic heterocycles. The van der Waals surface area contributed by atoms with Crippen LogP contribution in [-0.4, -0.2) is 45.1 Å². The van der Waals surface area contributed by atoms with Crippen molar-refractivity contribution in [3.8, 4) is 17.1 Å². The molecule has 2 atom stereocenters. The highest BCUT2D eigenvalue weighted by Gasteiger charge is 2.35. The number of anilines is 1. The molecule has 0 saturated heterocycles. The number of hydrogen-bond donors (Lipinski definition) is 3. The standard InChI is InChI=1S/C25H26F2N6O2/c1-15(32-24(34)25(2,26)27)23(17-4-8-22(31-13-17)35-19-5-6-19)33-20-7-3-16(11-18(20)12-28)21-14-29-9-10-30-21/h3-4,7-15,19,23,28,33H,5-6H2,1-2H3,(H,32,34)/t15?,23-/m0/s1. The highest BCUT2D eigenvalue weighted by molar-refractivity contribution is 5.88. The summed E-state index contributed by atoms with van der Waals surface area (Å²) < 4.78 is 32.8. The van der Waals surface area contributed by atoms with Gasteiger partial charge < -0.3 is 20.8 Å². The average molecular weight is 481 g/mol. The Balaban J connectivity index is 1.62. The predicted molar refractivity (Wildman–Crippen MR) is 128 cm³/mol. The molecule has 1 aromatic carbocycles. The summed E-state index contributed by atoms with van der Waals surface area (Å²) >= 11 is 0. The van der Waals surface area contributed by atoms with Crippen LogP contribution in [0.15, 0.2) is 55.1 Å². The fourth-order valence-electron chi connectivity index (χ4n) is 3.50. The molecule has 8 nitrogen and oxygen atoms in total. The van der Waals surface area contributed by atoms with Crippen LogP contribution >= 0.6 is 0 Å². The molecule has 182 valence electrons. The van der Waals surface area contributed by atoms with Gasteiger partial charge in [-0.1, -0.05) is 6.07 Å². The maximum Gasteiger partial charge on any atom is 0.321 e. The first-order chi connectivity index (χ1) is 16.7. The van der Waals surface area contributed by atoms with Gasteiger partial charge >= 0.3 is 5.92 Å². The molecule has 0 spiro atoms. The third-order valence-electron chi connectivity index (χ3n) is 5.56. The van der Waals surface area contributed by atoms with E-state index in [4.69, 9.17) is 10.1 Å². The zero-order valence-electron chi connectivity index (χ0n) is 19.3. The van der Waals surface area contributed by atoms with Crippen LogP contribution in [0.25, 0.3) is 11.3 Å². The minimum Gasteiger partial charge on any atom is -0.474 e. The Morgan fingerprint density at radius 1 is 1.20 bits per heavy atom. The minimum atomic E-state index is -3.52. The van der Waals surface area contributed by atoms with Crippen LogP contribution in [-0.2, 0) is 4.79 Å². The van der Waals surface area contributed by atoms with Crippen LogP contribution in [0.3, 0.4) is 0 Å². The summed E-state index contributed by atoms with van der Waals surface area (Å²) in [6, 6.07) is 7.54. The number of rotatable bonds is 10. The normalized spacial score (nSPS) is 15.1. The summed E-state index contributed by atoms with van der Waals surface area (Å²) in [5.74, 6) is -4.40. The van der Waals surface area contributed by atoms with Crippen molar-refractivity contribution in [1.29, 1.82) is 5.41 Å². The van der Waals surface area contributed by atoms with E-state index in [1.54, 1.807) is 56.0 Å². The van der Waals surface area contributed by atoms with Gasteiger partial charge in [0.2, 0.25) is 5.88 Å². The molecule has 1 fully saturated rings. The molecule has 0 bridgehead atoms. The number of aromatic nitrogens is 3. The third-order valence-corrected chi connectivity index (χ3v) is 5.56. The lowest BCUT2D eigenvalue weighted by Crippen LogP contribution is -2.46. The molecule has 4 rings (SSSR count). The quantitative estimate of drug-likeness (QED) is 0.371. The number of carbonyl (C=O) groups excluding carboxylic acids is 1. The number of nitrogens with zero attached hydrogens (tertiary/aromatic N) is 3. The third kappa shape index (κ3) is 6.14. The van der Waals surface area contributed by atoms with E-state index in [1.807, 2.05) is 6.07 Å². The molecular formula is C25H26F2N6O2. The van der Waals surface area contributed by atoms with Crippen molar-refractivity contribution in [2.45, 2.75) is 50.8 Å². The molecule has 10 heteroatoms. The Morgan fingerprint density at radius 2 is 2.00 bits per heavy atom. The monoisotopic (exact) mass is 480 g/mol. The lowest BCUT2D eigenvalue weighted by Gasteiger charge is -2.29. The molecule has 35 heavy (non-hydrogen) atoms. The van der Waals surface area contributed by atoms with Gasteiger partial charge in [-0.05, 0) is 43.5 Å². The second kappa shape index (κ2) is 10.1. The number of halogens is 2. The molecule has 1 saturated carbocycles. The summed E-state index contributed by atoms with van der Waals surface area (Å²) in [5, 5.41) is 13.6. The minimum absolute atomic E-state index is 0.190. The molecule has 1 amide bonds. The number of amides is 1. The van der Waals surface area contributed by atoms with Gasteiger partial charge in [-0.2, -0.15) is 8.78 Å². The lowest BCUT2D eigenvalue weighted by atomic mass is 9.99. The van der Waals surface area contributed by atoms with E-state index < -0.39 is 23.9 Å². The molecule has 1 aliphatic rings. The number of carbonyl (C=O) groups is 1. The smallest absolute Gasteiger partial charge is 0.321 e. The van der Waals surface area contributed by atoms with Crippen molar-refractivity contribution in [2.24, 2.45) is 0 Å². The molecule has 2 heterocycles. The average Bonchev–Trinajstić information content (AvgIpc) is 3.67. The first kappa shape index (κ1) is 24.2. The predicted octanol–water partition coefficient (Wildman–Crippen LogP) is 4.39. The molecule has 1 aliphatic carbocycles. The molecule has 0 radical (unpaired) electrons. The van der Waals surface area contributed by atoms with E-state index in [0.29, 0.717) is 35.3 Å². The van der Waals surface area contributed by atoms with Crippen LogP contribution in [0.1, 0.15) is 43.9 Å². The molecule has 1 unspecified atom stereocenters. The first-order valence-electron chi connectivity index (χ1n) is 11.2. The van der Waals surface area contributed by atoms with E-state index in [1.165, 1.54) is 6.21 Å². The number of ether oxygens (including phenoxy) is 1. The molecule has 3 N–H and O–H groups in total. The number of hydrogen-bond acceptors (Lipinski definition) is 7. The number of pyridine rings is 1. The van der Waals surface area contributed by atoms with Gasteiger partial charge in [-0.25, -0.2) is 4.98 Å². The maximum absolute atomic E-state index is 13.6. The SMILES string of the molecule is CC(NC(=O)C(C)(F)F)[C@H](Nc1ccc(-c2cnccn2)cc1C=N)c1ccc(OC2CC2)nc1. The highest BCUT2D eigenvalue weighted by Crippen LogP contribution is 2.30. The summed E-state index contributed by atoms with van der Waals surface area (Å²) in [4.78, 5) is 24.7. The Bertz CT molecular complexity index is 1180. The second-order valence-electron chi connectivity index (χ2n) is 8.56. The number of benzene rings is 1. The van der Waals surface area contributed by atoms with Gasteiger partial charge in [-0.15, -0.1) is 0 Å². The molecule has 3 aromatic rings. The van der Waals surface area contributed by atoms with Crippen molar-refractivity contribution in [3.05, 3.63) is 66.2 Å². The van der Waals surface area contributed by atoms with E-state index in [9.17, 15) is 13.6 Å². The van der Waals surface area contributed by atoms with Crippen molar-refractivity contribution in [3.63, 3.8) is 0 Å². The molecule has 2 aromatic heterocycles. The van der Waals surface area contributed by atoms with Crippen LogP contribution in [0, 0.1) is 5.41 Å². The largest absolute Gasteiger partial charge is 0.474 e. The van der Waals surface area contributed by atoms with Crippen LogP contribution in [0.5, 0.6) is 5.88 Å². The van der Waals surface area contributed by atoms with Crippen LogP contribution < -0.4 is 15.4 Å². The van der Waals surface area contributed by atoms with Gasteiger partial charge in [0.25, 0.3) is 5.91 Å². The number of alkyl halides is 2. The fourth-order valence-corrected chi connectivity index (χ4v) is 3.50. The van der Waals surface area contributed by atoms with E-state index in [2.05, 4.69) is 25.6 Å². The Labute approximate surface area is 201 Å². The zero-order chi connectivity index (χ0) is 25.0. The maximum atomic E-state index is 13.6. The van der Waals surface area contributed by atoms with Crippen molar-refractivity contribution < 1.29 is 18.3 Å². The van der Waals surface area contributed by atoms with Gasteiger partial charge in [0, 0.05) is 54.6 Å². The van der Waals surface area contributed by atoms with Gasteiger partial charge in [0.05, 0.1) is 24.0 Å².